The second kappa shape index (κ2) is 9.82. The lowest BCUT2D eigenvalue weighted by atomic mass is 10.2. The summed E-state index contributed by atoms with van der Waals surface area (Å²) in [6.07, 6.45) is 1.56. The number of fused-ring (bicyclic) bond motifs is 1. The van der Waals surface area contributed by atoms with Gasteiger partial charge in [-0.1, -0.05) is 12.1 Å². The minimum absolute atomic E-state index is 0.0778. The maximum Gasteiger partial charge on any atom is 0.262 e. The number of nitrogens with zero attached hydrogens (tertiary/aromatic N) is 3. The summed E-state index contributed by atoms with van der Waals surface area (Å²) in [6.45, 7) is 6.39. The van der Waals surface area contributed by atoms with Gasteiger partial charge in [0.25, 0.3) is 5.56 Å². The molecule has 164 valence electrons. The van der Waals surface area contributed by atoms with E-state index in [4.69, 9.17) is 0 Å². The number of aryl methyl sites for hydroxylation is 3. The number of rotatable bonds is 8. The van der Waals surface area contributed by atoms with Gasteiger partial charge in [0.05, 0.1) is 18.3 Å². The zero-order valence-electron chi connectivity index (χ0n) is 17.8. The zero-order chi connectivity index (χ0) is 22.5. The minimum Gasteiger partial charge on any atom is -0.350 e. The number of amides is 2. The normalized spacial score (nSPS) is 11.0. The third-order valence-corrected chi connectivity index (χ3v) is 6.31. The van der Waals surface area contributed by atoms with Crippen LogP contribution in [-0.4, -0.2) is 39.4 Å². The number of halogens is 1. The van der Waals surface area contributed by atoms with Crippen LogP contribution in [0.1, 0.15) is 29.3 Å². The Balaban J connectivity index is 1.57. The van der Waals surface area contributed by atoms with Crippen molar-refractivity contribution in [1.29, 1.82) is 0 Å². The molecule has 31 heavy (non-hydrogen) atoms. The molecule has 0 aliphatic carbocycles. The van der Waals surface area contributed by atoms with Crippen molar-refractivity contribution in [2.45, 2.75) is 40.3 Å². The molecule has 0 unspecified atom stereocenters. The predicted octanol–water partition coefficient (Wildman–Crippen LogP) is 2.77. The van der Waals surface area contributed by atoms with Crippen molar-refractivity contribution in [2.24, 2.45) is 0 Å². The van der Waals surface area contributed by atoms with E-state index in [1.54, 1.807) is 19.1 Å². The standard InChI is InChI=1S/C22H25FN4O3S/c1-4-26(12-18(28)24-11-16-5-7-17(23)8-6-16)19(29)9-10-27-13-25-21-20(22(27)30)14(2)15(3)31-21/h5-8,13H,4,9-12H2,1-3H3,(H,24,28). The second-order valence-corrected chi connectivity index (χ2v) is 8.47. The number of hydrogen-bond acceptors (Lipinski definition) is 5. The number of carbonyl (C=O) groups is 2. The molecule has 0 atom stereocenters. The van der Waals surface area contributed by atoms with Crippen molar-refractivity contribution in [3.63, 3.8) is 0 Å². The van der Waals surface area contributed by atoms with E-state index < -0.39 is 0 Å². The summed E-state index contributed by atoms with van der Waals surface area (Å²) >= 11 is 1.48. The maximum atomic E-state index is 13.0. The van der Waals surface area contributed by atoms with Crippen LogP contribution < -0.4 is 10.9 Å². The second-order valence-electron chi connectivity index (χ2n) is 7.27. The molecular weight excluding hydrogens is 419 g/mol. The molecule has 1 N–H and O–H groups in total. The molecule has 0 radical (unpaired) electrons. The average molecular weight is 445 g/mol. The smallest absolute Gasteiger partial charge is 0.262 e. The number of benzene rings is 1. The lowest BCUT2D eigenvalue weighted by Crippen LogP contribution is -2.41. The maximum absolute atomic E-state index is 13.0. The molecule has 2 heterocycles. The molecule has 3 aromatic rings. The van der Waals surface area contributed by atoms with Crippen LogP contribution in [-0.2, 0) is 22.7 Å². The lowest BCUT2D eigenvalue weighted by Gasteiger charge is -2.20. The first-order chi connectivity index (χ1) is 14.8. The number of thiophene rings is 1. The summed E-state index contributed by atoms with van der Waals surface area (Å²) in [5, 5.41) is 3.33. The molecule has 2 aromatic heterocycles. The Morgan fingerprint density at radius 2 is 1.94 bits per heavy atom. The van der Waals surface area contributed by atoms with Gasteiger partial charge in [-0.25, -0.2) is 9.37 Å². The fourth-order valence-corrected chi connectivity index (χ4v) is 4.20. The molecule has 0 spiro atoms. The first kappa shape index (κ1) is 22.6. The number of nitrogens with one attached hydrogen (secondary N) is 1. The summed E-state index contributed by atoms with van der Waals surface area (Å²) in [6, 6.07) is 5.85. The first-order valence-corrected chi connectivity index (χ1v) is 10.9. The van der Waals surface area contributed by atoms with Gasteiger partial charge >= 0.3 is 0 Å². The molecule has 1 aromatic carbocycles. The highest BCUT2D eigenvalue weighted by atomic mass is 32.1. The third-order valence-electron chi connectivity index (χ3n) is 5.19. The summed E-state index contributed by atoms with van der Waals surface area (Å²) in [5.74, 6) is -0.857. The lowest BCUT2D eigenvalue weighted by molar-refractivity contribution is -0.136. The summed E-state index contributed by atoms with van der Waals surface area (Å²) in [7, 11) is 0. The molecule has 3 rings (SSSR count). The van der Waals surface area contributed by atoms with Gasteiger partial charge in [0.2, 0.25) is 11.8 Å². The van der Waals surface area contributed by atoms with E-state index in [-0.39, 0.29) is 49.2 Å². The summed E-state index contributed by atoms with van der Waals surface area (Å²) < 4.78 is 14.4. The molecule has 0 saturated carbocycles. The number of hydrogen-bond donors (Lipinski definition) is 1. The van der Waals surface area contributed by atoms with Crippen LogP contribution in [0.3, 0.4) is 0 Å². The molecule has 9 heteroatoms. The Morgan fingerprint density at radius 3 is 2.61 bits per heavy atom. The van der Waals surface area contributed by atoms with E-state index in [1.807, 2.05) is 13.8 Å². The van der Waals surface area contributed by atoms with Crippen LogP contribution in [0.4, 0.5) is 4.39 Å². The van der Waals surface area contributed by atoms with E-state index in [2.05, 4.69) is 10.3 Å². The molecule has 2 amide bonds. The van der Waals surface area contributed by atoms with Crippen molar-refractivity contribution >= 4 is 33.4 Å². The molecule has 0 fully saturated rings. The monoisotopic (exact) mass is 444 g/mol. The molecular formula is C22H25FN4O3S. The van der Waals surface area contributed by atoms with E-state index in [9.17, 15) is 18.8 Å². The van der Waals surface area contributed by atoms with Crippen molar-refractivity contribution in [1.82, 2.24) is 19.8 Å². The van der Waals surface area contributed by atoms with Crippen LogP contribution in [0, 0.1) is 19.7 Å². The highest BCUT2D eigenvalue weighted by molar-refractivity contribution is 7.18. The van der Waals surface area contributed by atoms with Crippen LogP contribution in [0.2, 0.25) is 0 Å². The predicted molar refractivity (Wildman–Crippen MR) is 118 cm³/mol. The van der Waals surface area contributed by atoms with E-state index in [0.29, 0.717) is 16.8 Å². The van der Waals surface area contributed by atoms with Gasteiger partial charge in [-0.3, -0.25) is 19.0 Å². The largest absolute Gasteiger partial charge is 0.350 e. The van der Waals surface area contributed by atoms with E-state index >= 15 is 0 Å². The Bertz CT molecular complexity index is 1150. The molecule has 0 saturated heterocycles. The van der Waals surface area contributed by atoms with Gasteiger partial charge in [-0.05, 0) is 44.0 Å². The zero-order valence-corrected chi connectivity index (χ0v) is 18.6. The molecule has 7 nitrogen and oxygen atoms in total. The number of aromatic nitrogens is 2. The summed E-state index contributed by atoms with van der Waals surface area (Å²) in [4.78, 5) is 45.1. The van der Waals surface area contributed by atoms with Crippen LogP contribution in [0.25, 0.3) is 10.2 Å². The van der Waals surface area contributed by atoms with Crippen molar-refractivity contribution in [3.8, 4) is 0 Å². The highest BCUT2D eigenvalue weighted by Gasteiger charge is 2.17. The molecule has 0 aliphatic rings. The Morgan fingerprint density at radius 1 is 1.23 bits per heavy atom. The van der Waals surface area contributed by atoms with Gasteiger partial charge in [0.1, 0.15) is 10.6 Å². The fourth-order valence-electron chi connectivity index (χ4n) is 3.21. The number of likely N-dealkylation sites (N-methyl/N-ethyl adjacent to an activating group) is 1. The van der Waals surface area contributed by atoms with Crippen LogP contribution in [0.5, 0.6) is 0 Å². The van der Waals surface area contributed by atoms with Crippen LogP contribution >= 0.6 is 11.3 Å². The van der Waals surface area contributed by atoms with Gasteiger partial charge in [0.15, 0.2) is 0 Å². The van der Waals surface area contributed by atoms with Crippen molar-refractivity contribution in [3.05, 3.63) is 62.8 Å². The van der Waals surface area contributed by atoms with E-state index in [1.165, 1.54) is 39.3 Å². The Kier molecular flexibility index (Phi) is 7.17. The van der Waals surface area contributed by atoms with E-state index in [0.717, 1.165) is 16.0 Å². The fraction of sp³-hybridized carbons (Fsp3) is 0.364. The molecule has 0 bridgehead atoms. The molecule has 0 aliphatic heterocycles. The Hall–Kier alpha value is -3.07. The Labute approximate surface area is 183 Å². The summed E-state index contributed by atoms with van der Waals surface area (Å²) in [5.41, 5.74) is 1.54. The first-order valence-electron chi connectivity index (χ1n) is 10.0. The van der Waals surface area contributed by atoms with Gasteiger partial charge in [0, 0.05) is 30.9 Å². The number of carbonyl (C=O) groups excluding carboxylic acids is 2. The van der Waals surface area contributed by atoms with Gasteiger partial charge in [-0.15, -0.1) is 11.3 Å². The topological polar surface area (TPSA) is 84.3 Å². The van der Waals surface area contributed by atoms with Crippen molar-refractivity contribution < 1.29 is 14.0 Å². The average Bonchev–Trinajstić information content (AvgIpc) is 3.05. The van der Waals surface area contributed by atoms with Gasteiger partial charge < -0.3 is 10.2 Å². The van der Waals surface area contributed by atoms with Crippen molar-refractivity contribution in [2.75, 3.05) is 13.1 Å². The highest BCUT2D eigenvalue weighted by Crippen LogP contribution is 2.25. The quantitative estimate of drug-likeness (QED) is 0.579. The van der Waals surface area contributed by atoms with Gasteiger partial charge in [-0.2, -0.15) is 0 Å². The third kappa shape index (κ3) is 5.35. The SMILES string of the molecule is CCN(CC(=O)NCc1ccc(F)cc1)C(=O)CCn1cnc2sc(C)c(C)c2c1=O. The minimum atomic E-state index is -0.337. The van der Waals surface area contributed by atoms with Crippen LogP contribution in [0.15, 0.2) is 35.4 Å².